The lowest BCUT2D eigenvalue weighted by molar-refractivity contribution is -0.138. The minimum atomic E-state index is -4.32. The SMILES string of the molecule is CC1CCCC(Sc2ccc(C(F)(F)F)c(CN)c2)C1. The van der Waals surface area contributed by atoms with Crippen LogP contribution in [0.5, 0.6) is 0 Å². The number of thioether (sulfide) groups is 1. The Morgan fingerprint density at radius 2 is 2.05 bits per heavy atom. The highest BCUT2D eigenvalue weighted by molar-refractivity contribution is 8.00. The van der Waals surface area contributed by atoms with E-state index in [9.17, 15) is 13.2 Å². The Bertz CT molecular complexity index is 459. The molecule has 112 valence electrons. The molecule has 1 aromatic carbocycles. The van der Waals surface area contributed by atoms with Crippen molar-refractivity contribution in [2.24, 2.45) is 11.7 Å². The summed E-state index contributed by atoms with van der Waals surface area (Å²) in [4.78, 5) is 0.901. The largest absolute Gasteiger partial charge is 0.416 e. The molecule has 2 atom stereocenters. The van der Waals surface area contributed by atoms with E-state index in [0.717, 1.165) is 23.8 Å². The van der Waals surface area contributed by atoms with Crippen LogP contribution in [0.1, 0.15) is 43.7 Å². The molecule has 1 aromatic rings. The summed E-state index contributed by atoms with van der Waals surface area (Å²) >= 11 is 1.69. The molecule has 2 unspecified atom stereocenters. The van der Waals surface area contributed by atoms with Gasteiger partial charge in [-0.3, -0.25) is 0 Å². The van der Waals surface area contributed by atoms with Crippen LogP contribution in [-0.4, -0.2) is 5.25 Å². The van der Waals surface area contributed by atoms with Crippen molar-refractivity contribution < 1.29 is 13.2 Å². The molecule has 0 saturated heterocycles. The van der Waals surface area contributed by atoms with Crippen LogP contribution in [-0.2, 0) is 12.7 Å². The number of nitrogens with two attached hydrogens (primary N) is 1. The van der Waals surface area contributed by atoms with Crippen molar-refractivity contribution in [2.45, 2.75) is 55.5 Å². The van der Waals surface area contributed by atoms with Crippen molar-refractivity contribution in [1.82, 2.24) is 0 Å². The molecule has 0 radical (unpaired) electrons. The van der Waals surface area contributed by atoms with Crippen molar-refractivity contribution in [3.05, 3.63) is 29.3 Å². The Kier molecular flexibility index (Phi) is 5.02. The van der Waals surface area contributed by atoms with Crippen LogP contribution in [0.2, 0.25) is 0 Å². The Morgan fingerprint density at radius 3 is 2.65 bits per heavy atom. The molecule has 2 N–H and O–H groups in total. The summed E-state index contributed by atoms with van der Waals surface area (Å²) in [5.41, 5.74) is 5.04. The zero-order valence-corrected chi connectivity index (χ0v) is 12.4. The van der Waals surface area contributed by atoms with Gasteiger partial charge in [0.25, 0.3) is 0 Å². The minimum absolute atomic E-state index is 0.0791. The van der Waals surface area contributed by atoms with Crippen molar-refractivity contribution >= 4 is 11.8 Å². The van der Waals surface area contributed by atoms with E-state index in [1.54, 1.807) is 23.9 Å². The molecule has 1 saturated carbocycles. The Morgan fingerprint density at radius 1 is 1.30 bits per heavy atom. The Labute approximate surface area is 122 Å². The Hall–Kier alpha value is -0.680. The third-order valence-corrected chi connectivity index (χ3v) is 5.08. The van der Waals surface area contributed by atoms with Crippen molar-refractivity contribution in [3.63, 3.8) is 0 Å². The number of hydrogen-bond donors (Lipinski definition) is 1. The van der Waals surface area contributed by atoms with Gasteiger partial charge in [0.15, 0.2) is 0 Å². The third kappa shape index (κ3) is 3.92. The van der Waals surface area contributed by atoms with Crippen LogP contribution in [0.4, 0.5) is 13.2 Å². The van der Waals surface area contributed by atoms with Crippen LogP contribution in [0, 0.1) is 5.92 Å². The summed E-state index contributed by atoms with van der Waals surface area (Å²) < 4.78 is 38.4. The number of halogens is 3. The van der Waals surface area contributed by atoms with E-state index < -0.39 is 11.7 Å². The normalized spacial score (nSPS) is 23.9. The van der Waals surface area contributed by atoms with Crippen LogP contribution < -0.4 is 5.73 Å². The highest BCUT2D eigenvalue weighted by atomic mass is 32.2. The van der Waals surface area contributed by atoms with Gasteiger partial charge in [-0.05, 0) is 42.5 Å². The highest BCUT2D eigenvalue weighted by Crippen LogP contribution is 2.38. The molecule has 0 amide bonds. The first-order chi connectivity index (χ1) is 9.40. The van der Waals surface area contributed by atoms with E-state index in [0.29, 0.717) is 11.2 Å². The fourth-order valence-corrected chi connectivity index (χ4v) is 4.22. The lowest BCUT2D eigenvalue weighted by Crippen LogP contribution is -2.15. The van der Waals surface area contributed by atoms with Gasteiger partial charge in [-0.15, -0.1) is 11.8 Å². The highest BCUT2D eigenvalue weighted by Gasteiger charge is 2.33. The molecular formula is C15H20F3NS. The molecule has 1 nitrogen and oxygen atoms in total. The second-order valence-electron chi connectivity index (χ2n) is 5.53. The lowest BCUT2D eigenvalue weighted by atomic mass is 9.91. The van der Waals surface area contributed by atoms with Crippen molar-refractivity contribution in [1.29, 1.82) is 0 Å². The zero-order chi connectivity index (χ0) is 14.8. The van der Waals surface area contributed by atoms with Gasteiger partial charge in [0, 0.05) is 16.7 Å². The molecule has 0 spiro atoms. The second kappa shape index (κ2) is 6.39. The number of rotatable bonds is 3. The molecule has 0 bridgehead atoms. The van der Waals surface area contributed by atoms with Crippen molar-refractivity contribution in [2.75, 3.05) is 0 Å². The van der Waals surface area contributed by atoms with Crippen LogP contribution >= 0.6 is 11.8 Å². The van der Waals surface area contributed by atoms with Crippen LogP contribution in [0.25, 0.3) is 0 Å². The summed E-state index contributed by atoms with van der Waals surface area (Å²) in [6.07, 6.45) is 0.441. The van der Waals surface area contributed by atoms with E-state index in [-0.39, 0.29) is 12.1 Å². The quantitative estimate of drug-likeness (QED) is 0.865. The summed E-state index contributed by atoms with van der Waals surface area (Å²) in [6.45, 7) is 2.16. The monoisotopic (exact) mass is 303 g/mol. The molecule has 20 heavy (non-hydrogen) atoms. The van der Waals surface area contributed by atoms with Crippen LogP contribution in [0.15, 0.2) is 23.1 Å². The lowest BCUT2D eigenvalue weighted by Gasteiger charge is -2.26. The predicted octanol–water partition coefficient (Wildman–Crippen LogP) is 4.83. The molecule has 0 aliphatic heterocycles. The van der Waals surface area contributed by atoms with E-state index in [1.165, 1.54) is 12.8 Å². The Balaban J connectivity index is 2.13. The number of hydrogen-bond acceptors (Lipinski definition) is 2. The standard InChI is InChI=1S/C15H20F3NS/c1-10-3-2-4-12(7-10)20-13-5-6-14(15(16,17)18)11(8-13)9-19/h5-6,8,10,12H,2-4,7,9,19H2,1H3. The fraction of sp³-hybridized carbons (Fsp3) is 0.600. The maximum Gasteiger partial charge on any atom is 0.416 e. The molecule has 1 aliphatic carbocycles. The molecule has 0 aromatic heterocycles. The number of alkyl halides is 3. The van der Waals surface area contributed by atoms with E-state index in [2.05, 4.69) is 6.92 Å². The van der Waals surface area contributed by atoms with Gasteiger partial charge in [-0.2, -0.15) is 13.2 Å². The summed E-state index contributed by atoms with van der Waals surface area (Å²) in [6, 6.07) is 4.34. The minimum Gasteiger partial charge on any atom is -0.326 e. The van der Waals surface area contributed by atoms with Gasteiger partial charge in [0.2, 0.25) is 0 Å². The van der Waals surface area contributed by atoms with Crippen molar-refractivity contribution in [3.8, 4) is 0 Å². The second-order valence-corrected chi connectivity index (χ2v) is 6.91. The maximum absolute atomic E-state index is 12.8. The first kappa shape index (κ1) is 15.7. The van der Waals surface area contributed by atoms with E-state index in [1.807, 2.05) is 0 Å². The van der Waals surface area contributed by atoms with Gasteiger partial charge in [0.1, 0.15) is 0 Å². The van der Waals surface area contributed by atoms with E-state index in [4.69, 9.17) is 5.73 Å². The molecule has 1 fully saturated rings. The summed E-state index contributed by atoms with van der Waals surface area (Å²) in [7, 11) is 0. The first-order valence-electron chi connectivity index (χ1n) is 6.97. The summed E-state index contributed by atoms with van der Waals surface area (Å²) in [5.74, 6) is 0.713. The first-order valence-corrected chi connectivity index (χ1v) is 7.85. The van der Waals surface area contributed by atoms with Gasteiger partial charge in [-0.25, -0.2) is 0 Å². The molecule has 2 rings (SSSR count). The smallest absolute Gasteiger partial charge is 0.326 e. The predicted molar refractivity (Wildman–Crippen MR) is 76.6 cm³/mol. The summed E-state index contributed by atoms with van der Waals surface area (Å²) in [5, 5.41) is 0.515. The molecule has 1 aliphatic rings. The molecular weight excluding hydrogens is 283 g/mol. The van der Waals surface area contributed by atoms with Gasteiger partial charge in [-0.1, -0.05) is 19.8 Å². The average Bonchev–Trinajstić information content (AvgIpc) is 2.37. The average molecular weight is 303 g/mol. The molecule has 5 heteroatoms. The van der Waals surface area contributed by atoms with Crippen LogP contribution in [0.3, 0.4) is 0 Å². The maximum atomic E-state index is 12.8. The zero-order valence-electron chi connectivity index (χ0n) is 11.5. The topological polar surface area (TPSA) is 26.0 Å². The number of benzene rings is 1. The van der Waals surface area contributed by atoms with Gasteiger partial charge in [0.05, 0.1) is 5.56 Å². The van der Waals surface area contributed by atoms with E-state index >= 15 is 0 Å². The molecule has 0 heterocycles. The third-order valence-electron chi connectivity index (χ3n) is 3.79. The van der Waals surface area contributed by atoms with Gasteiger partial charge < -0.3 is 5.73 Å². The fourth-order valence-electron chi connectivity index (χ4n) is 2.77. The van der Waals surface area contributed by atoms with Gasteiger partial charge >= 0.3 is 6.18 Å².